The summed E-state index contributed by atoms with van der Waals surface area (Å²) in [5.74, 6) is -0.654. The minimum atomic E-state index is -1.20. The van der Waals surface area contributed by atoms with Gasteiger partial charge in [0, 0.05) is 12.6 Å². The Morgan fingerprint density at radius 1 is 1.35 bits per heavy atom. The van der Waals surface area contributed by atoms with Crippen LogP contribution in [-0.2, 0) is 7.05 Å². The molecular weight excluding hydrogens is 266 g/mol. The second-order valence-corrected chi connectivity index (χ2v) is 4.36. The third kappa shape index (κ3) is 2.16. The zero-order valence-electron chi connectivity index (χ0n) is 8.86. The maximum Gasteiger partial charge on any atom is 0.147 e. The van der Waals surface area contributed by atoms with Gasteiger partial charge in [-0.05, 0) is 6.07 Å². The first kappa shape index (κ1) is 12.4. The number of hydrogen-bond acceptors (Lipinski definition) is 2. The van der Waals surface area contributed by atoms with Gasteiger partial charge >= 0.3 is 0 Å². The van der Waals surface area contributed by atoms with E-state index in [9.17, 15) is 9.50 Å². The van der Waals surface area contributed by atoms with Crippen LogP contribution in [0.15, 0.2) is 24.4 Å². The molecule has 0 aliphatic heterocycles. The summed E-state index contributed by atoms with van der Waals surface area (Å²) >= 11 is 11.5. The van der Waals surface area contributed by atoms with Gasteiger partial charge < -0.3 is 5.11 Å². The smallest absolute Gasteiger partial charge is 0.147 e. The van der Waals surface area contributed by atoms with Crippen LogP contribution in [0.4, 0.5) is 4.39 Å². The van der Waals surface area contributed by atoms with E-state index in [1.807, 2.05) is 0 Å². The van der Waals surface area contributed by atoms with Crippen molar-refractivity contribution >= 4 is 23.2 Å². The molecular formula is C11H9Cl2FN2O. The molecule has 1 aromatic heterocycles. The molecule has 0 spiro atoms. The van der Waals surface area contributed by atoms with Gasteiger partial charge in [-0.3, -0.25) is 4.68 Å². The van der Waals surface area contributed by atoms with Crippen LogP contribution >= 0.6 is 23.2 Å². The Hall–Kier alpha value is -1.10. The lowest BCUT2D eigenvalue weighted by Gasteiger charge is -2.13. The zero-order chi connectivity index (χ0) is 12.6. The first-order valence-corrected chi connectivity index (χ1v) is 5.57. The summed E-state index contributed by atoms with van der Waals surface area (Å²) in [6, 6.07) is 4.43. The summed E-state index contributed by atoms with van der Waals surface area (Å²) in [7, 11) is 1.62. The molecule has 1 unspecified atom stereocenters. The number of aryl methyl sites for hydroxylation is 1. The number of hydrogen-bond donors (Lipinski definition) is 1. The summed E-state index contributed by atoms with van der Waals surface area (Å²) in [6.07, 6.45) is 0.191. The van der Waals surface area contributed by atoms with Gasteiger partial charge in [0.2, 0.25) is 0 Å². The Morgan fingerprint density at radius 3 is 2.65 bits per heavy atom. The van der Waals surface area contributed by atoms with Gasteiger partial charge in [0.15, 0.2) is 0 Å². The Labute approximate surface area is 107 Å². The highest BCUT2D eigenvalue weighted by molar-refractivity contribution is 6.31. The number of aliphatic hydroxyl groups is 1. The molecule has 2 rings (SSSR count). The van der Waals surface area contributed by atoms with Crippen LogP contribution in [0.2, 0.25) is 10.0 Å². The first-order valence-electron chi connectivity index (χ1n) is 4.81. The Bertz CT molecular complexity index is 537. The van der Waals surface area contributed by atoms with Crippen molar-refractivity contribution in [2.24, 2.45) is 7.05 Å². The van der Waals surface area contributed by atoms with E-state index in [4.69, 9.17) is 23.2 Å². The third-order valence-electron chi connectivity index (χ3n) is 2.47. The molecule has 0 aliphatic rings. The number of aromatic nitrogens is 2. The highest BCUT2D eigenvalue weighted by atomic mass is 35.5. The lowest BCUT2D eigenvalue weighted by atomic mass is 10.1. The predicted molar refractivity (Wildman–Crippen MR) is 63.7 cm³/mol. The van der Waals surface area contributed by atoms with Crippen molar-refractivity contribution in [3.05, 3.63) is 51.5 Å². The lowest BCUT2D eigenvalue weighted by Crippen LogP contribution is -2.09. The summed E-state index contributed by atoms with van der Waals surface area (Å²) < 4.78 is 15.1. The Kier molecular flexibility index (Phi) is 3.38. The van der Waals surface area contributed by atoms with Crippen molar-refractivity contribution in [3.8, 4) is 0 Å². The molecule has 0 amide bonds. The van der Waals surface area contributed by atoms with E-state index in [1.165, 1.54) is 23.0 Å². The van der Waals surface area contributed by atoms with Gasteiger partial charge in [-0.2, -0.15) is 5.10 Å². The van der Waals surface area contributed by atoms with Crippen LogP contribution in [0, 0.1) is 5.82 Å². The second kappa shape index (κ2) is 4.64. The van der Waals surface area contributed by atoms with Crippen molar-refractivity contribution in [1.82, 2.24) is 9.78 Å². The molecule has 1 aromatic carbocycles. The van der Waals surface area contributed by atoms with Crippen molar-refractivity contribution in [2.45, 2.75) is 6.10 Å². The van der Waals surface area contributed by atoms with E-state index in [-0.39, 0.29) is 15.6 Å². The summed E-state index contributed by atoms with van der Waals surface area (Å²) in [5, 5.41) is 14.2. The highest BCUT2D eigenvalue weighted by Gasteiger charge is 2.22. The molecule has 0 saturated heterocycles. The average Bonchev–Trinajstić information content (AvgIpc) is 2.62. The fourth-order valence-corrected chi connectivity index (χ4v) is 2.06. The fraction of sp³-hybridized carbons (Fsp3) is 0.182. The van der Waals surface area contributed by atoms with E-state index >= 15 is 0 Å². The largest absolute Gasteiger partial charge is 0.382 e. The maximum absolute atomic E-state index is 13.7. The predicted octanol–water partition coefficient (Wildman–Crippen LogP) is 2.95. The molecule has 1 heterocycles. The van der Waals surface area contributed by atoms with E-state index < -0.39 is 11.9 Å². The monoisotopic (exact) mass is 274 g/mol. The normalized spacial score (nSPS) is 12.8. The first-order chi connectivity index (χ1) is 8.02. The Balaban J connectivity index is 2.51. The van der Waals surface area contributed by atoms with Gasteiger partial charge in [0.05, 0.1) is 21.9 Å². The number of halogens is 3. The molecule has 2 aromatic rings. The molecule has 1 atom stereocenters. The average molecular weight is 275 g/mol. The van der Waals surface area contributed by atoms with Crippen molar-refractivity contribution in [3.63, 3.8) is 0 Å². The highest BCUT2D eigenvalue weighted by Crippen LogP contribution is 2.31. The molecule has 0 fully saturated rings. The number of nitrogens with zero attached hydrogens (tertiary/aromatic N) is 2. The standard InChI is InChI=1S/C11H9Cl2FN2O/c1-16-10(8(13)5-15-16)11(17)6-3-2-4-7(12)9(6)14/h2-5,11,17H,1H3. The van der Waals surface area contributed by atoms with Crippen molar-refractivity contribution in [1.29, 1.82) is 0 Å². The van der Waals surface area contributed by atoms with E-state index in [0.717, 1.165) is 0 Å². The molecule has 0 bridgehead atoms. The minimum Gasteiger partial charge on any atom is -0.382 e. The molecule has 0 saturated carbocycles. The van der Waals surface area contributed by atoms with Gasteiger partial charge in [0.25, 0.3) is 0 Å². The van der Waals surface area contributed by atoms with Crippen molar-refractivity contribution in [2.75, 3.05) is 0 Å². The van der Waals surface area contributed by atoms with E-state index in [2.05, 4.69) is 5.10 Å². The van der Waals surface area contributed by atoms with Gasteiger partial charge in [-0.25, -0.2) is 4.39 Å². The number of rotatable bonds is 2. The van der Waals surface area contributed by atoms with Crippen molar-refractivity contribution < 1.29 is 9.50 Å². The molecule has 3 nitrogen and oxygen atoms in total. The molecule has 6 heteroatoms. The Morgan fingerprint density at radius 2 is 2.06 bits per heavy atom. The van der Waals surface area contributed by atoms with E-state index in [0.29, 0.717) is 5.69 Å². The van der Waals surface area contributed by atoms with Gasteiger partial charge in [-0.1, -0.05) is 35.3 Å². The second-order valence-electron chi connectivity index (χ2n) is 3.55. The van der Waals surface area contributed by atoms with Crippen LogP contribution in [0.25, 0.3) is 0 Å². The summed E-state index contributed by atoms with van der Waals surface area (Å²) in [5.41, 5.74) is 0.399. The fourth-order valence-electron chi connectivity index (χ4n) is 1.61. The van der Waals surface area contributed by atoms with Crippen LogP contribution in [0.1, 0.15) is 17.4 Å². The van der Waals surface area contributed by atoms with Crippen LogP contribution in [0.5, 0.6) is 0 Å². The molecule has 0 aliphatic carbocycles. The van der Waals surface area contributed by atoms with Crippen LogP contribution < -0.4 is 0 Å². The third-order valence-corrected chi connectivity index (χ3v) is 3.06. The molecule has 1 N–H and O–H groups in total. The summed E-state index contributed by atoms with van der Waals surface area (Å²) in [6.45, 7) is 0. The number of aliphatic hydroxyl groups excluding tert-OH is 1. The topological polar surface area (TPSA) is 38.0 Å². The molecule has 17 heavy (non-hydrogen) atoms. The summed E-state index contributed by atoms with van der Waals surface area (Å²) in [4.78, 5) is 0. The lowest BCUT2D eigenvalue weighted by molar-refractivity contribution is 0.205. The quantitative estimate of drug-likeness (QED) is 0.915. The molecule has 90 valence electrons. The van der Waals surface area contributed by atoms with Gasteiger partial charge in [-0.15, -0.1) is 0 Å². The van der Waals surface area contributed by atoms with Gasteiger partial charge in [0.1, 0.15) is 11.9 Å². The minimum absolute atomic E-state index is 0.0418. The maximum atomic E-state index is 13.7. The number of benzene rings is 1. The molecule has 0 radical (unpaired) electrons. The van der Waals surface area contributed by atoms with Crippen LogP contribution in [0.3, 0.4) is 0 Å². The zero-order valence-corrected chi connectivity index (χ0v) is 10.4. The van der Waals surface area contributed by atoms with Crippen LogP contribution in [-0.4, -0.2) is 14.9 Å². The SMILES string of the molecule is Cn1ncc(Cl)c1C(O)c1cccc(Cl)c1F. The van der Waals surface area contributed by atoms with E-state index in [1.54, 1.807) is 13.1 Å².